The topological polar surface area (TPSA) is 29.3 Å². The Morgan fingerprint density at radius 3 is 2.09 bits per heavy atom. The maximum Gasteiger partial charge on any atom is 0.0594 e. The van der Waals surface area contributed by atoms with Crippen LogP contribution >= 0.6 is 0 Å². The van der Waals surface area contributed by atoms with E-state index < -0.39 is 0 Å². The molecule has 0 fully saturated rings. The Balaban J connectivity index is 0.000001000. The lowest BCUT2D eigenvalue weighted by molar-refractivity contribution is -0.00000215. The van der Waals surface area contributed by atoms with Gasteiger partial charge in [0.1, 0.15) is 0 Å². The summed E-state index contributed by atoms with van der Waals surface area (Å²) in [5.41, 5.74) is 7.58. The molecule has 2 N–H and O–H groups in total. The number of anilines is 2. The lowest BCUT2D eigenvalue weighted by Crippen LogP contribution is -3.00. The van der Waals surface area contributed by atoms with E-state index in [2.05, 4.69) is 0 Å². The van der Waals surface area contributed by atoms with Gasteiger partial charge in [-0.1, -0.05) is 12.1 Å². The zero-order valence-electron chi connectivity index (χ0n) is 6.71. The molecule has 0 aliphatic carbocycles. The van der Waals surface area contributed by atoms with E-state index in [-0.39, 0.29) is 12.4 Å². The van der Waals surface area contributed by atoms with Crippen molar-refractivity contribution in [1.82, 2.24) is 0 Å². The maximum absolute atomic E-state index is 5.68. The van der Waals surface area contributed by atoms with Crippen LogP contribution in [0.4, 0.5) is 11.4 Å². The average Bonchev–Trinajstić information content (AvgIpc) is 1.88. The van der Waals surface area contributed by atoms with Crippen LogP contribution in [0.1, 0.15) is 0 Å². The summed E-state index contributed by atoms with van der Waals surface area (Å²) in [5.74, 6) is 0. The molecule has 0 heterocycles. The van der Waals surface area contributed by atoms with E-state index >= 15 is 0 Å². The van der Waals surface area contributed by atoms with Crippen molar-refractivity contribution in [3.8, 4) is 0 Å². The molecule has 0 spiro atoms. The Bertz CT molecular complexity index is 223. The number of para-hydroxylation sites is 2. The van der Waals surface area contributed by atoms with Crippen molar-refractivity contribution in [1.29, 1.82) is 0 Å². The molecule has 0 amide bonds. The molecule has 11 heavy (non-hydrogen) atoms. The maximum atomic E-state index is 5.68. The summed E-state index contributed by atoms with van der Waals surface area (Å²) < 4.78 is 0. The minimum atomic E-state index is 0. The van der Waals surface area contributed by atoms with E-state index in [0.717, 1.165) is 11.4 Å². The number of nitrogens with zero attached hydrogens (tertiary/aromatic N) is 1. The summed E-state index contributed by atoms with van der Waals surface area (Å²) in [7, 11) is 3.96. The fourth-order valence-electron chi connectivity index (χ4n) is 0.895. The van der Waals surface area contributed by atoms with E-state index in [1.165, 1.54) is 0 Å². The van der Waals surface area contributed by atoms with Crippen LogP contribution in [0.15, 0.2) is 24.3 Å². The molecule has 1 rings (SSSR count). The van der Waals surface area contributed by atoms with Gasteiger partial charge in [-0.3, -0.25) is 0 Å². The van der Waals surface area contributed by atoms with Gasteiger partial charge in [0.15, 0.2) is 0 Å². The van der Waals surface area contributed by atoms with Crippen LogP contribution in [0.2, 0.25) is 0 Å². The molecule has 2 nitrogen and oxygen atoms in total. The third kappa shape index (κ3) is 2.31. The first-order chi connectivity index (χ1) is 4.72. The number of nitrogens with two attached hydrogens (primary N) is 1. The quantitative estimate of drug-likeness (QED) is 0.513. The highest BCUT2D eigenvalue weighted by molar-refractivity contribution is 5.66. The summed E-state index contributed by atoms with van der Waals surface area (Å²) in [6.45, 7) is 0. The normalized spacial score (nSPS) is 8.55. The molecule has 3 heteroatoms. The smallest absolute Gasteiger partial charge is 0.0594 e. The summed E-state index contributed by atoms with van der Waals surface area (Å²) in [6, 6.07) is 7.80. The molecule has 0 aromatic heterocycles. The molecular weight excluding hydrogens is 160 g/mol. The molecule has 0 radical (unpaired) electrons. The zero-order chi connectivity index (χ0) is 7.56. The second-order valence-corrected chi connectivity index (χ2v) is 2.45. The van der Waals surface area contributed by atoms with Crippen molar-refractivity contribution in [2.75, 3.05) is 24.7 Å². The van der Waals surface area contributed by atoms with Gasteiger partial charge in [-0.15, -0.1) is 0 Å². The van der Waals surface area contributed by atoms with Crippen molar-refractivity contribution in [3.63, 3.8) is 0 Å². The summed E-state index contributed by atoms with van der Waals surface area (Å²) in [5, 5.41) is 0. The van der Waals surface area contributed by atoms with E-state index in [4.69, 9.17) is 5.73 Å². The van der Waals surface area contributed by atoms with Crippen LogP contribution in [0.5, 0.6) is 0 Å². The molecule has 62 valence electrons. The van der Waals surface area contributed by atoms with Gasteiger partial charge in [0.2, 0.25) is 0 Å². The second kappa shape index (κ2) is 4.09. The van der Waals surface area contributed by atoms with Gasteiger partial charge >= 0.3 is 0 Å². The van der Waals surface area contributed by atoms with E-state index in [1.807, 2.05) is 43.3 Å². The molecule has 0 aliphatic rings. The Morgan fingerprint density at radius 1 is 1.18 bits per heavy atom. The molecule has 1 aromatic carbocycles. The van der Waals surface area contributed by atoms with Crippen LogP contribution in [0.25, 0.3) is 0 Å². The highest BCUT2D eigenvalue weighted by Gasteiger charge is 1.96. The molecular formula is C8H12ClN2-. The number of rotatable bonds is 1. The van der Waals surface area contributed by atoms with Gasteiger partial charge in [0.05, 0.1) is 11.4 Å². The lowest BCUT2D eigenvalue weighted by atomic mass is 10.2. The first-order valence-corrected chi connectivity index (χ1v) is 3.23. The number of hydrogen-bond acceptors (Lipinski definition) is 2. The number of hydrogen-bond donors (Lipinski definition) is 1. The van der Waals surface area contributed by atoms with Crippen LogP contribution in [0, 0.1) is 0 Å². The third-order valence-corrected chi connectivity index (χ3v) is 1.42. The lowest BCUT2D eigenvalue weighted by Gasteiger charge is -2.13. The van der Waals surface area contributed by atoms with Crippen molar-refractivity contribution in [2.24, 2.45) is 0 Å². The third-order valence-electron chi connectivity index (χ3n) is 1.42. The molecule has 0 atom stereocenters. The van der Waals surface area contributed by atoms with Gasteiger partial charge in [-0.05, 0) is 12.1 Å². The minimum Gasteiger partial charge on any atom is -1.00 e. The number of nitrogen functional groups attached to an aromatic ring is 1. The van der Waals surface area contributed by atoms with Gasteiger partial charge in [0.25, 0.3) is 0 Å². The van der Waals surface area contributed by atoms with Gasteiger partial charge in [0, 0.05) is 14.1 Å². The van der Waals surface area contributed by atoms with Gasteiger partial charge in [-0.25, -0.2) is 0 Å². The van der Waals surface area contributed by atoms with E-state index in [1.54, 1.807) is 0 Å². The molecule has 0 aliphatic heterocycles. The van der Waals surface area contributed by atoms with Crippen molar-refractivity contribution in [2.45, 2.75) is 0 Å². The standard InChI is InChI=1S/C8H12N2.ClH/c1-10(2)8-6-4-3-5-7(8)9;/h3-6H,9H2,1-2H3;1H/p-1. The largest absolute Gasteiger partial charge is 1.00 e. The fraction of sp³-hybridized carbons (Fsp3) is 0.250. The molecule has 0 saturated heterocycles. The van der Waals surface area contributed by atoms with Crippen LogP contribution in [0.3, 0.4) is 0 Å². The Labute approximate surface area is 73.4 Å². The first-order valence-electron chi connectivity index (χ1n) is 3.23. The SMILES string of the molecule is CN(C)c1ccccc1N.[Cl-]. The highest BCUT2D eigenvalue weighted by Crippen LogP contribution is 2.18. The Kier molecular flexibility index (Phi) is 3.76. The predicted molar refractivity (Wildman–Crippen MR) is 45.2 cm³/mol. The van der Waals surface area contributed by atoms with Gasteiger partial charge in [-0.2, -0.15) is 0 Å². The summed E-state index contributed by atoms with van der Waals surface area (Å²) in [6.07, 6.45) is 0. The molecule has 0 bridgehead atoms. The van der Waals surface area contributed by atoms with E-state index in [9.17, 15) is 0 Å². The van der Waals surface area contributed by atoms with Crippen LogP contribution < -0.4 is 23.0 Å². The summed E-state index contributed by atoms with van der Waals surface area (Å²) in [4.78, 5) is 2.00. The first kappa shape index (κ1) is 10.1. The van der Waals surface area contributed by atoms with Crippen LogP contribution in [-0.4, -0.2) is 14.1 Å². The Morgan fingerprint density at radius 2 is 1.73 bits per heavy atom. The minimum absolute atomic E-state index is 0. The van der Waals surface area contributed by atoms with Crippen molar-refractivity contribution < 1.29 is 12.4 Å². The summed E-state index contributed by atoms with van der Waals surface area (Å²) >= 11 is 0. The number of halogens is 1. The van der Waals surface area contributed by atoms with Crippen molar-refractivity contribution >= 4 is 11.4 Å². The molecule has 1 aromatic rings. The molecule has 0 saturated carbocycles. The van der Waals surface area contributed by atoms with Crippen LogP contribution in [-0.2, 0) is 0 Å². The van der Waals surface area contributed by atoms with Gasteiger partial charge < -0.3 is 23.0 Å². The zero-order valence-corrected chi connectivity index (χ0v) is 7.47. The second-order valence-electron chi connectivity index (χ2n) is 2.45. The monoisotopic (exact) mass is 171 g/mol. The predicted octanol–water partition coefficient (Wildman–Crippen LogP) is -1.66. The van der Waals surface area contributed by atoms with Crippen molar-refractivity contribution in [3.05, 3.63) is 24.3 Å². The number of benzene rings is 1. The Hall–Kier alpha value is -0.890. The average molecular weight is 172 g/mol. The fourth-order valence-corrected chi connectivity index (χ4v) is 0.895. The van der Waals surface area contributed by atoms with E-state index in [0.29, 0.717) is 0 Å². The highest BCUT2D eigenvalue weighted by atomic mass is 35.5. The molecule has 0 unspecified atom stereocenters.